The van der Waals surface area contributed by atoms with E-state index in [2.05, 4.69) is 10.6 Å². The van der Waals surface area contributed by atoms with E-state index in [4.69, 9.17) is 40.9 Å². The molecule has 17 atom stereocenters. The second-order valence-corrected chi connectivity index (χ2v) is 11.5. The Morgan fingerprint density at radius 2 is 1.52 bits per heavy atom. The number of likely N-dealkylation sites (N-methyl/N-ethyl adjacent to an activating group) is 1. The van der Waals surface area contributed by atoms with Gasteiger partial charge in [0.1, 0.15) is 42.7 Å². The third-order valence-corrected chi connectivity index (χ3v) is 8.49. The molecule has 3 aliphatic heterocycles. The van der Waals surface area contributed by atoms with Crippen LogP contribution in [0.15, 0.2) is 0 Å². The average Bonchev–Trinajstić information content (AvgIpc) is 2.94. The lowest BCUT2D eigenvalue weighted by atomic mass is 9.84. The summed E-state index contributed by atoms with van der Waals surface area (Å²) in [5.41, 5.74) is 18.3. The molecule has 1 aliphatic carbocycles. The standard InChI is InChI=1S/C25H47N5O12/c1-3-4-13(32)30-14-12(7-31)39-25(20(37)17(14)34)42-24-15(29-2)18(35)22-11(38-24)6-10(28)23(41-22)40-21-9(27)5-8(26)16(33)19(21)36/h8-12,14-25,29,31,33-37H,3-7,26-28H2,1-2H3,(H,30,32)/t8-,9?,10?,11+,12?,14-,15?,16?,17+,18?,19-,20?,21-,22?,23+,24?,25-/m1/s1. The van der Waals surface area contributed by atoms with Gasteiger partial charge in [-0.05, 0) is 26.3 Å². The quantitative estimate of drug-likeness (QED) is 0.116. The number of carbonyl (C=O) groups is 1. The first kappa shape index (κ1) is 33.8. The van der Waals surface area contributed by atoms with Gasteiger partial charge in [0, 0.05) is 18.5 Å². The largest absolute Gasteiger partial charge is 0.394 e. The summed E-state index contributed by atoms with van der Waals surface area (Å²) in [7, 11) is 1.54. The molecule has 42 heavy (non-hydrogen) atoms. The van der Waals surface area contributed by atoms with Crippen molar-refractivity contribution in [2.24, 2.45) is 17.2 Å². The molecule has 1 saturated carbocycles. The third-order valence-electron chi connectivity index (χ3n) is 8.49. The molecule has 3 saturated heterocycles. The SMILES string of the molecule is CCCC(=O)N[C@@H]1C(CO)O[C@H](OC2O[C@H]3CC(N)[C@@H](O[C@@H]4C(N)C[C@@H](N)C(O)[C@H]4O)OC3C(O)C2NC)C(O)[C@H]1O. The molecule has 14 N–H and O–H groups in total. The lowest BCUT2D eigenvalue weighted by molar-refractivity contribution is -0.373. The summed E-state index contributed by atoms with van der Waals surface area (Å²) < 4.78 is 29.6. The van der Waals surface area contributed by atoms with Gasteiger partial charge < -0.3 is 82.2 Å². The summed E-state index contributed by atoms with van der Waals surface area (Å²) in [6.45, 7) is 1.23. The maximum absolute atomic E-state index is 12.1. The summed E-state index contributed by atoms with van der Waals surface area (Å²) in [5, 5.41) is 68.8. The second kappa shape index (κ2) is 14.3. The van der Waals surface area contributed by atoms with Crippen molar-refractivity contribution in [2.45, 2.75) is 137 Å². The van der Waals surface area contributed by atoms with E-state index in [0.717, 1.165) is 0 Å². The van der Waals surface area contributed by atoms with Crippen LogP contribution < -0.4 is 27.8 Å². The Kier molecular flexibility index (Phi) is 11.5. The molecule has 0 bridgehead atoms. The molecule has 0 spiro atoms. The van der Waals surface area contributed by atoms with Crippen molar-refractivity contribution in [1.82, 2.24) is 10.6 Å². The Morgan fingerprint density at radius 3 is 2.17 bits per heavy atom. The van der Waals surface area contributed by atoms with Crippen LogP contribution >= 0.6 is 0 Å². The van der Waals surface area contributed by atoms with E-state index in [-0.39, 0.29) is 25.2 Å². The van der Waals surface area contributed by atoms with E-state index in [0.29, 0.717) is 6.42 Å². The van der Waals surface area contributed by atoms with Crippen LogP contribution in [0.1, 0.15) is 32.6 Å². The Labute approximate surface area is 243 Å². The maximum atomic E-state index is 12.1. The van der Waals surface area contributed by atoms with Gasteiger partial charge >= 0.3 is 0 Å². The molecule has 0 aromatic heterocycles. The number of carbonyl (C=O) groups excluding carboxylic acids is 1. The molecular formula is C25H47N5O12. The van der Waals surface area contributed by atoms with Gasteiger partial charge in [-0.25, -0.2) is 0 Å². The molecule has 0 radical (unpaired) electrons. The first-order valence-electron chi connectivity index (χ1n) is 14.4. The fourth-order valence-electron chi connectivity index (χ4n) is 6.09. The van der Waals surface area contributed by atoms with Crippen molar-refractivity contribution in [3.63, 3.8) is 0 Å². The van der Waals surface area contributed by atoms with Crippen LogP contribution in [0.3, 0.4) is 0 Å². The van der Waals surface area contributed by atoms with Crippen molar-refractivity contribution >= 4 is 5.91 Å². The Morgan fingerprint density at radius 1 is 0.810 bits per heavy atom. The number of hydrogen-bond donors (Lipinski definition) is 11. The number of nitrogens with two attached hydrogens (primary N) is 3. The first-order chi connectivity index (χ1) is 19.9. The smallest absolute Gasteiger partial charge is 0.220 e. The number of aliphatic hydroxyl groups excluding tert-OH is 6. The molecule has 4 fully saturated rings. The minimum Gasteiger partial charge on any atom is -0.394 e. The Balaban J connectivity index is 1.42. The molecule has 4 rings (SSSR count). The zero-order valence-corrected chi connectivity index (χ0v) is 23.7. The van der Waals surface area contributed by atoms with Gasteiger partial charge in [-0.15, -0.1) is 0 Å². The summed E-state index contributed by atoms with van der Waals surface area (Å²) >= 11 is 0. The molecular weight excluding hydrogens is 562 g/mol. The summed E-state index contributed by atoms with van der Waals surface area (Å²) in [6, 6.07) is -4.20. The van der Waals surface area contributed by atoms with Gasteiger partial charge in [-0.3, -0.25) is 4.79 Å². The maximum Gasteiger partial charge on any atom is 0.220 e. The normalized spacial score (nSPS) is 49.7. The van der Waals surface area contributed by atoms with Gasteiger partial charge in [-0.1, -0.05) is 6.92 Å². The van der Waals surface area contributed by atoms with E-state index >= 15 is 0 Å². The average molecular weight is 610 g/mol. The highest BCUT2D eigenvalue weighted by atomic mass is 16.8. The van der Waals surface area contributed by atoms with Crippen LogP contribution in [0.2, 0.25) is 0 Å². The second-order valence-electron chi connectivity index (χ2n) is 11.5. The fraction of sp³-hybridized carbons (Fsp3) is 0.960. The summed E-state index contributed by atoms with van der Waals surface area (Å²) in [5.74, 6) is -0.370. The van der Waals surface area contributed by atoms with E-state index < -0.39 is 111 Å². The number of rotatable bonds is 9. The van der Waals surface area contributed by atoms with Crippen molar-refractivity contribution in [3.05, 3.63) is 0 Å². The van der Waals surface area contributed by atoms with E-state index in [1.54, 1.807) is 7.05 Å². The Bertz CT molecular complexity index is 891. The molecule has 0 aromatic carbocycles. The van der Waals surface area contributed by atoms with Crippen LogP contribution in [0.5, 0.6) is 0 Å². The first-order valence-corrected chi connectivity index (χ1v) is 14.4. The lowest BCUT2D eigenvalue weighted by Gasteiger charge is -2.51. The summed E-state index contributed by atoms with van der Waals surface area (Å²) in [4.78, 5) is 12.1. The van der Waals surface area contributed by atoms with Crippen LogP contribution in [0.4, 0.5) is 0 Å². The minimum atomic E-state index is -1.63. The molecule has 3 heterocycles. The lowest BCUT2D eigenvalue weighted by Crippen LogP contribution is -2.70. The molecule has 0 aromatic rings. The predicted molar refractivity (Wildman–Crippen MR) is 142 cm³/mol. The van der Waals surface area contributed by atoms with Crippen molar-refractivity contribution < 1.29 is 59.1 Å². The van der Waals surface area contributed by atoms with E-state index in [1.165, 1.54) is 0 Å². The molecule has 17 heteroatoms. The fourth-order valence-corrected chi connectivity index (χ4v) is 6.09. The number of aliphatic hydroxyl groups is 6. The van der Waals surface area contributed by atoms with Crippen LogP contribution in [-0.4, -0.2) is 154 Å². The molecule has 244 valence electrons. The topological polar surface area (TPSA) is 287 Å². The van der Waals surface area contributed by atoms with Gasteiger partial charge in [0.2, 0.25) is 5.91 Å². The molecule has 17 nitrogen and oxygen atoms in total. The van der Waals surface area contributed by atoms with Gasteiger partial charge in [0.05, 0.1) is 36.9 Å². The monoisotopic (exact) mass is 609 g/mol. The van der Waals surface area contributed by atoms with Gasteiger partial charge in [0.25, 0.3) is 0 Å². The number of fused-ring (bicyclic) bond motifs is 1. The zero-order chi connectivity index (χ0) is 30.9. The number of hydrogen-bond acceptors (Lipinski definition) is 16. The Hall–Kier alpha value is -1.13. The molecule has 9 unspecified atom stereocenters. The predicted octanol–water partition coefficient (Wildman–Crippen LogP) is -5.99. The molecule has 1 amide bonds. The van der Waals surface area contributed by atoms with E-state index in [9.17, 15) is 35.4 Å². The molecule has 4 aliphatic rings. The van der Waals surface area contributed by atoms with Gasteiger partial charge in [-0.2, -0.15) is 0 Å². The van der Waals surface area contributed by atoms with Crippen LogP contribution in [-0.2, 0) is 28.5 Å². The van der Waals surface area contributed by atoms with Gasteiger partial charge in [0.15, 0.2) is 18.9 Å². The van der Waals surface area contributed by atoms with Crippen LogP contribution in [0, 0.1) is 0 Å². The highest BCUT2D eigenvalue weighted by molar-refractivity contribution is 5.76. The van der Waals surface area contributed by atoms with E-state index in [1.807, 2.05) is 6.92 Å². The number of nitrogens with one attached hydrogen (secondary N) is 2. The minimum absolute atomic E-state index is 0.129. The van der Waals surface area contributed by atoms with Crippen molar-refractivity contribution in [1.29, 1.82) is 0 Å². The number of amides is 1. The number of ether oxygens (including phenoxy) is 5. The highest BCUT2D eigenvalue weighted by Crippen LogP contribution is 2.35. The third kappa shape index (κ3) is 6.90. The summed E-state index contributed by atoms with van der Waals surface area (Å²) in [6.07, 6.45) is -13.6. The van der Waals surface area contributed by atoms with Crippen molar-refractivity contribution in [3.8, 4) is 0 Å². The zero-order valence-electron chi connectivity index (χ0n) is 23.7. The van der Waals surface area contributed by atoms with Crippen molar-refractivity contribution in [2.75, 3.05) is 13.7 Å². The highest BCUT2D eigenvalue weighted by Gasteiger charge is 2.54. The van der Waals surface area contributed by atoms with Crippen LogP contribution in [0.25, 0.3) is 0 Å².